The van der Waals surface area contributed by atoms with E-state index in [9.17, 15) is 0 Å². The minimum atomic E-state index is 0.0651. The minimum Gasteiger partial charge on any atom is -0.394 e. The molecule has 0 aliphatic rings. The molecule has 1 heterocycles. The smallest absolute Gasteiger partial charge is 0.0818 e. The second-order valence-corrected chi connectivity index (χ2v) is 2.83. The average Bonchev–Trinajstić information content (AvgIpc) is 2.37. The molecule has 0 saturated carbocycles. The van der Waals surface area contributed by atoms with Crippen molar-refractivity contribution in [2.45, 2.75) is 13.0 Å². The van der Waals surface area contributed by atoms with Crippen LogP contribution in [0.15, 0.2) is 6.20 Å². The third-order valence-corrected chi connectivity index (χ3v) is 1.91. The molecule has 4 nitrogen and oxygen atoms in total. The molecule has 0 radical (unpaired) electrons. The third-order valence-electron chi connectivity index (χ3n) is 1.59. The maximum atomic E-state index is 8.69. The van der Waals surface area contributed by atoms with Crippen molar-refractivity contribution in [1.29, 1.82) is 0 Å². The number of nitrogens with zero attached hydrogens (tertiary/aromatic N) is 2. The van der Waals surface area contributed by atoms with Crippen LogP contribution >= 0.6 is 11.6 Å². The van der Waals surface area contributed by atoms with Crippen LogP contribution in [0.5, 0.6) is 0 Å². The van der Waals surface area contributed by atoms with Crippen molar-refractivity contribution >= 4 is 11.6 Å². The highest BCUT2D eigenvalue weighted by Crippen LogP contribution is 2.14. The van der Waals surface area contributed by atoms with E-state index in [1.807, 2.05) is 0 Å². The monoisotopic (exact) mass is 189 g/mol. The maximum Gasteiger partial charge on any atom is 0.0818 e. The molecule has 1 aromatic heterocycles. The fraction of sp³-hybridized carbons (Fsp3) is 0.571. The van der Waals surface area contributed by atoms with Gasteiger partial charge in [0.15, 0.2) is 0 Å². The zero-order valence-electron chi connectivity index (χ0n) is 6.70. The van der Waals surface area contributed by atoms with Gasteiger partial charge in [0.05, 0.1) is 30.1 Å². The SMILES string of the molecule is NCCc1c(Cl)cnn1CCO. The molecule has 1 rings (SSSR count). The first kappa shape index (κ1) is 9.51. The normalized spacial score (nSPS) is 10.6. The fourth-order valence-corrected chi connectivity index (χ4v) is 1.30. The number of aliphatic hydroxyl groups is 1. The minimum absolute atomic E-state index is 0.0651. The molecule has 3 N–H and O–H groups in total. The lowest BCUT2D eigenvalue weighted by Crippen LogP contribution is -2.12. The predicted molar refractivity (Wildman–Crippen MR) is 47.1 cm³/mol. The van der Waals surface area contributed by atoms with Gasteiger partial charge in [0, 0.05) is 6.42 Å². The van der Waals surface area contributed by atoms with Crippen LogP contribution in [0.4, 0.5) is 0 Å². The van der Waals surface area contributed by atoms with Crippen molar-refractivity contribution in [2.24, 2.45) is 5.73 Å². The summed E-state index contributed by atoms with van der Waals surface area (Å²) in [5, 5.41) is 13.3. The average molecular weight is 190 g/mol. The van der Waals surface area contributed by atoms with Gasteiger partial charge >= 0.3 is 0 Å². The van der Waals surface area contributed by atoms with Gasteiger partial charge in [-0.2, -0.15) is 5.10 Å². The van der Waals surface area contributed by atoms with Crippen molar-refractivity contribution in [3.05, 3.63) is 16.9 Å². The molecule has 68 valence electrons. The Morgan fingerprint density at radius 3 is 3.00 bits per heavy atom. The van der Waals surface area contributed by atoms with Crippen molar-refractivity contribution in [2.75, 3.05) is 13.2 Å². The lowest BCUT2D eigenvalue weighted by molar-refractivity contribution is 0.267. The number of aliphatic hydroxyl groups excluding tert-OH is 1. The Bertz CT molecular complexity index is 249. The van der Waals surface area contributed by atoms with Crippen LogP contribution in [0.25, 0.3) is 0 Å². The lowest BCUT2D eigenvalue weighted by atomic mass is 10.3. The molecular weight excluding hydrogens is 178 g/mol. The summed E-state index contributed by atoms with van der Waals surface area (Å²) >= 11 is 5.84. The quantitative estimate of drug-likeness (QED) is 0.703. The Labute approximate surface area is 75.9 Å². The molecular formula is C7H12ClN3O. The van der Waals surface area contributed by atoms with Crippen LogP contribution in [-0.2, 0) is 13.0 Å². The van der Waals surface area contributed by atoms with Crippen LogP contribution in [-0.4, -0.2) is 28.0 Å². The summed E-state index contributed by atoms with van der Waals surface area (Å²) in [6.07, 6.45) is 2.26. The largest absolute Gasteiger partial charge is 0.394 e. The summed E-state index contributed by atoms with van der Waals surface area (Å²) in [5.74, 6) is 0. The van der Waals surface area contributed by atoms with Crippen LogP contribution in [0.2, 0.25) is 5.02 Å². The van der Waals surface area contributed by atoms with Gasteiger partial charge in [-0.25, -0.2) is 0 Å². The molecule has 0 saturated heterocycles. The van der Waals surface area contributed by atoms with Crippen LogP contribution < -0.4 is 5.73 Å². The van der Waals surface area contributed by atoms with Gasteiger partial charge in [-0.1, -0.05) is 11.6 Å². The number of aromatic nitrogens is 2. The zero-order chi connectivity index (χ0) is 8.97. The van der Waals surface area contributed by atoms with Crippen molar-refractivity contribution in [1.82, 2.24) is 9.78 Å². The highest BCUT2D eigenvalue weighted by molar-refractivity contribution is 6.31. The van der Waals surface area contributed by atoms with Crippen molar-refractivity contribution in [3.8, 4) is 0 Å². The van der Waals surface area contributed by atoms with Crippen molar-refractivity contribution < 1.29 is 5.11 Å². The molecule has 0 aliphatic carbocycles. The predicted octanol–water partition coefficient (Wildman–Crippen LogP) is 0.0300. The number of rotatable bonds is 4. The summed E-state index contributed by atoms with van der Waals surface area (Å²) < 4.78 is 1.68. The second-order valence-electron chi connectivity index (χ2n) is 2.42. The van der Waals surface area contributed by atoms with Gasteiger partial charge in [-0.15, -0.1) is 0 Å². The molecule has 0 spiro atoms. The molecule has 1 aromatic rings. The molecule has 0 fully saturated rings. The van der Waals surface area contributed by atoms with Crippen LogP contribution in [0.1, 0.15) is 5.69 Å². The van der Waals surface area contributed by atoms with Gasteiger partial charge in [-0.3, -0.25) is 4.68 Å². The maximum absolute atomic E-state index is 8.69. The number of hydrogen-bond donors (Lipinski definition) is 2. The topological polar surface area (TPSA) is 64.1 Å². The lowest BCUT2D eigenvalue weighted by Gasteiger charge is -2.03. The van der Waals surface area contributed by atoms with E-state index in [2.05, 4.69) is 5.10 Å². The number of hydrogen-bond acceptors (Lipinski definition) is 3. The molecule has 5 heteroatoms. The van der Waals surface area contributed by atoms with Gasteiger partial charge in [-0.05, 0) is 6.54 Å². The van der Waals surface area contributed by atoms with Crippen LogP contribution in [0.3, 0.4) is 0 Å². The standard InChI is InChI=1S/C7H12ClN3O/c8-6-5-10-11(3-4-12)7(6)1-2-9/h5,12H,1-4,9H2. The summed E-state index contributed by atoms with van der Waals surface area (Å²) in [4.78, 5) is 0. The molecule has 0 amide bonds. The first-order valence-corrected chi connectivity index (χ1v) is 4.18. The van der Waals surface area contributed by atoms with Gasteiger partial charge in [0.25, 0.3) is 0 Å². The Hall–Kier alpha value is -0.580. The number of halogens is 1. The van der Waals surface area contributed by atoms with E-state index in [0.717, 1.165) is 5.69 Å². The Morgan fingerprint density at radius 1 is 1.67 bits per heavy atom. The highest BCUT2D eigenvalue weighted by atomic mass is 35.5. The van der Waals surface area contributed by atoms with E-state index < -0.39 is 0 Å². The molecule has 0 atom stereocenters. The third kappa shape index (κ3) is 1.97. The first-order valence-electron chi connectivity index (χ1n) is 3.80. The summed E-state index contributed by atoms with van der Waals surface area (Å²) in [6.45, 7) is 1.08. The summed E-state index contributed by atoms with van der Waals surface area (Å²) in [5.41, 5.74) is 6.29. The van der Waals surface area contributed by atoms with E-state index >= 15 is 0 Å². The summed E-state index contributed by atoms with van der Waals surface area (Å²) in [7, 11) is 0. The molecule has 0 bridgehead atoms. The van der Waals surface area contributed by atoms with Gasteiger partial charge in [0.2, 0.25) is 0 Å². The molecule has 0 unspecified atom stereocenters. The molecule has 0 aliphatic heterocycles. The van der Waals surface area contributed by atoms with E-state index in [1.54, 1.807) is 10.9 Å². The second kappa shape index (κ2) is 4.45. The van der Waals surface area contributed by atoms with Gasteiger partial charge in [0.1, 0.15) is 0 Å². The summed E-state index contributed by atoms with van der Waals surface area (Å²) in [6, 6.07) is 0. The van der Waals surface area contributed by atoms with Crippen molar-refractivity contribution in [3.63, 3.8) is 0 Å². The molecule has 0 aromatic carbocycles. The number of nitrogens with two attached hydrogens (primary N) is 1. The van der Waals surface area contributed by atoms with E-state index in [4.69, 9.17) is 22.4 Å². The Kier molecular flexibility index (Phi) is 3.52. The Balaban J connectivity index is 2.80. The van der Waals surface area contributed by atoms with E-state index in [-0.39, 0.29) is 6.61 Å². The molecule has 12 heavy (non-hydrogen) atoms. The van der Waals surface area contributed by atoms with E-state index in [0.29, 0.717) is 24.5 Å². The fourth-order valence-electron chi connectivity index (χ4n) is 1.06. The highest BCUT2D eigenvalue weighted by Gasteiger charge is 2.06. The zero-order valence-corrected chi connectivity index (χ0v) is 7.46. The van der Waals surface area contributed by atoms with Crippen LogP contribution in [0, 0.1) is 0 Å². The van der Waals surface area contributed by atoms with Gasteiger partial charge < -0.3 is 10.8 Å². The van der Waals surface area contributed by atoms with E-state index in [1.165, 1.54) is 0 Å². The Morgan fingerprint density at radius 2 is 2.42 bits per heavy atom. The first-order chi connectivity index (χ1) is 5.79.